The Bertz CT molecular complexity index is 412. The van der Waals surface area contributed by atoms with Gasteiger partial charge >= 0.3 is 0 Å². The lowest BCUT2D eigenvalue weighted by molar-refractivity contribution is 0.0758. The van der Waals surface area contributed by atoms with Gasteiger partial charge in [-0.3, -0.25) is 4.79 Å². The summed E-state index contributed by atoms with van der Waals surface area (Å²) < 4.78 is 26.6. The van der Waals surface area contributed by atoms with Gasteiger partial charge in [-0.2, -0.15) is 0 Å². The summed E-state index contributed by atoms with van der Waals surface area (Å²) in [6, 6.07) is 3.67. The normalized spacial score (nSPS) is 10.4. The number of benzene rings is 1. The van der Waals surface area contributed by atoms with Crippen molar-refractivity contribution in [3.8, 4) is 0 Å². The van der Waals surface area contributed by atoms with E-state index in [-0.39, 0.29) is 5.56 Å². The van der Waals surface area contributed by atoms with Crippen molar-refractivity contribution in [2.45, 2.75) is 19.8 Å². The van der Waals surface area contributed by atoms with E-state index in [0.29, 0.717) is 18.4 Å². The summed E-state index contributed by atoms with van der Waals surface area (Å²) in [7, 11) is 0. The van der Waals surface area contributed by atoms with Crippen LogP contribution in [0.2, 0.25) is 0 Å². The Morgan fingerprint density at radius 2 is 2.06 bits per heavy atom. The number of alkyl halides is 1. The minimum atomic E-state index is -1.07. The molecule has 0 radical (unpaired) electrons. The van der Waals surface area contributed by atoms with Crippen LogP contribution in [0, 0.1) is 11.6 Å². The minimum absolute atomic E-state index is 0.202. The topological polar surface area (TPSA) is 20.3 Å². The van der Waals surface area contributed by atoms with Crippen LogP contribution in [0.1, 0.15) is 30.1 Å². The third-order valence-corrected chi connectivity index (χ3v) is 2.96. The SMILES string of the molecule is CCCCN(CCBr)C(=O)c1cccc(F)c1F. The highest BCUT2D eigenvalue weighted by atomic mass is 79.9. The molecule has 5 heteroatoms. The molecule has 1 amide bonds. The summed E-state index contributed by atoms with van der Waals surface area (Å²) in [4.78, 5) is 13.6. The fourth-order valence-corrected chi connectivity index (χ4v) is 2.03. The summed E-state index contributed by atoms with van der Waals surface area (Å²) >= 11 is 3.25. The van der Waals surface area contributed by atoms with Crippen molar-refractivity contribution in [1.29, 1.82) is 0 Å². The molecule has 1 aromatic rings. The van der Waals surface area contributed by atoms with Gasteiger partial charge in [0.25, 0.3) is 5.91 Å². The van der Waals surface area contributed by atoms with Gasteiger partial charge in [-0.25, -0.2) is 8.78 Å². The molecule has 0 aliphatic rings. The molecule has 0 saturated heterocycles. The molecule has 1 rings (SSSR count). The predicted molar refractivity (Wildman–Crippen MR) is 71.0 cm³/mol. The van der Waals surface area contributed by atoms with Crippen LogP contribution >= 0.6 is 15.9 Å². The number of hydrogen-bond donors (Lipinski definition) is 0. The first-order valence-corrected chi connectivity index (χ1v) is 7.03. The van der Waals surface area contributed by atoms with Gasteiger partial charge in [-0.05, 0) is 18.6 Å². The third-order valence-electron chi connectivity index (χ3n) is 2.61. The number of nitrogens with zero attached hydrogens (tertiary/aromatic N) is 1. The first kappa shape index (κ1) is 15.1. The van der Waals surface area contributed by atoms with Crippen molar-refractivity contribution < 1.29 is 13.6 Å². The van der Waals surface area contributed by atoms with Gasteiger partial charge in [0.15, 0.2) is 11.6 Å². The molecule has 0 aromatic heterocycles. The van der Waals surface area contributed by atoms with Gasteiger partial charge in [0.2, 0.25) is 0 Å². The van der Waals surface area contributed by atoms with Crippen molar-refractivity contribution >= 4 is 21.8 Å². The zero-order valence-corrected chi connectivity index (χ0v) is 11.8. The molecule has 0 saturated carbocycles. The average Bonchev–Trinajstić information content (AvgIpc) is 2.37. The first-order chi connectivity index (χ1) is 8.61. The van der Waals surface area contributed by atoms with E-state index in [1.807, 2.05) is 6.92 Å². The highest BCUT2D eigenvalue weighted by molar-refractivity contribution is 9.09. The third kappa shape index (κ3) is 3.77. The monoisotopic (exact) mass is 319 g/mol. The molecule has 0 aliphatic carbocycles. The molecule has 1 aromatic carbocycles. The van der Waals surface area contributed by atoms with E-state index < -0.39 is 17.5 Å². The Kier molecular flexibility index (Phi) is 6.25. The number of halogens is 3. The van der Waals surface area contributed by atoms with E-state index in [4.69, 9.17) is 0 Å². The van der Waals surface area contributed by atoms with E-state index in [1.165, 1.54) is 17.0 Å². The van der Waals surface area contributed by atoms with Gasteiger partial charge in [-0.15, -0.1) is 0 Å². The van der Waals surface area contributed by atoms with Crippen LogP contribution < -0.4 is 0 Å². The minimum Gasteiger partial charge on any atom is -0.338 e. The van der Waals surface area contributed by atoms with Crippen LogP contribution in [0.25, 0.3) is 0 Å². The molecule has 0 N–H and O–H groups in total. The smallest absolute Gasteiger partial charge is 0.256 e. The Balaban J connectivity index is 2.90. The molecule has 0 fully saturated rings. The van der Waals surface area contributed by atoms with Crippen molar-refractivity contribution in [3.63, 3.8) is 0 Å². The first-order valence-electron chi connectivity index (χ1n) is 5.91. The van der Waals surface area contributed by atoms with Crippen molar-refractivity contribution in [2.75, 3.05) is 18.4 Å². The lowest BCUT2D eigenvalue weighted by Gasteiger charge is -2.21. The molecule has 0 heterocycles. The van der Waals surface area contributed by atoms with Crippen molar-refractivity contribution in [2.24, 2.45) is 0 Å². The molecular weight excluding hydrogens is 304 g/mol. The fourth-order valence-electron chi connectivity index (χ4n) is 1.61. The summed E-state index contributed by atoms with van der Waals surface area (Å²) in [5.74, 6) is -2.52. The number of amides is 1. The molecule has 100 valence electrons. The molecule has 2 nitrogen and oxygen atoms in total. The maximum atomic E-state index is 13.5. The predicted octanol–water partition coefficient (Wildman–Crippen LogP) is 3.60. The fraction of sp³-hybridized carbons (Fsp3) is 0.462. The van der Waals surface area contributed by atoms with Crippen molar-refractivity contribution in [3.05, 3.63) is 35.4 Å². The molecule has 0 bridgehead atoms. The van der Waals surface area contributed by atoms with Gasteiger partial charge in [0.1, 0.15) is 0 Å². The van der Waals surface area contributed by atoms with Crippen LogP contribution in [0.4, 0.5) is 8.78 Å². The summed E-state index contributed by atoms with van der Waals surface area (Å²) in [5, 5.41) is 0.611. The van der Waals surface area contributed by atoms with Crippen LogP contribution in [0.15, 0.2) is 18.2 Å². The molecule has 0 spiro atoms. The van der Waals surface area contributed by atoms with E-state index in [2.05, 4.69) is 15.9 Å². The van der Waals surface area contributed by atoms with Crippen LogP contribution in [0.5, 0.6) is 0 Å². The second-order valence-electron chi connectivity index (χ2n) is 3.94. The number of carbonyl (C=O) groups excluding carboxylic acids is 1. The lowest BCUT2D eigenvalue weighted by atomic mass is 10.1. The van der Waals surface area contributed by atoms with E-state index >= 15 is 0 Å². The van der Waals surface area contributed by atoms with Gasteiger partial charge in [0.05, 0.1) is 5.56 Å². The second-order valence-corrected chi connectivity index (χ2v) is 4.73. The largest absolute Gasteiger partial charge is 0.338 e. The summed E-state index contributed by atoms with van der Waals surface area (Å²) in [6.07, 6.45) is 1.79. The highest BCUT2D eigenvalue weighted by Crippen LogP contribution is 2.14. The van der Waals surface area contributed by atoms with Crippen LogP contribution in [-0.2, 0) is 0 Å². The standard InChI is InChI=1S/C13H16BrF2NO/c1-2-3-8-17(9-7-14)13(18)10-5-4-6-11(15)12(10)16/h4-6H,2-3,7-9H2,1H3. The number of carbonyl (C=O) groups is 1. The highest BCUT2D eigenvalue weighted by Gasteiger charge is 2.20. The Morgan fingerprint density at radius 1 is 1.33 bits per heavy atom. The Morgan fingerprint density at radius 3 is 2.67 bits per heavy atom. The Hall–Kier alpha value is -0.970. The van der Waals surface area contributed by atoms with Crippen molar-refractivity contribution in [1.82, 2.24) is 4.90 Å². The van der Waals surface area contributed by atoms with E-state index in [1.54, 1.807) is 0 Å². The average molecular weight is 320 g/mol. The number of rotatable bonds is 6. The summed E-state index contributed by atoms with van der Waals surface area (Å²) in [5.41, 5.74) is -0.202. The maximum absolute atomic E-state index is 13.5. The van der Waals surface area contributed by atoms with E-state index in [0.717, 1.165) is 18.9 Å². The second kappa shape index (κ2) is 7.46. The molecule has 0 aliphatic heterocycles. The molecule has 0 unspecified atom stereocenters. The quantitative estimate of drug-likeness (QED) is 0.734. The zero-order valence-electron chi connectivity index (χ0n) is 10.3. The molecule has 18 heavy (non-hydrogen) atoms. The summed E-state index contributed by atoms with van der Waals surface area (Å²) in [6.45, 7) is 3.05. The maximum Gasteiger partial charge on any atom is 0.256 e. The lowest BCUT2D eigenvalue weighted by Crippen LogP contribution is -2.34. The molecular formula is C13H16BrF2NO. The van der Waals surface area contributed by atoms with Gasteiger partial charge in [0, 0.05) is 18.4 Å². The van der Waals surface area contributed by atoms with Crippen LogP contribution in [-0.4, -0.2) is 29.2 Å². The van der Waals surface area contributed by atoms with Gasteiger partial charge < -0.3 is 4.90 Å². The Labute approximate surface area is 114 Å². The van der Waals surface area contributed by atoms with Gasteiger partial charge in [-0.1, -0.05) is 35.3 Å². The molecule has 0 atom stereocenters. The zero-order chi connectivity index (χ0) is 13.5. The van der Waals surface area contributed by atoms with Crippen LogP contribution in [0.3, 0.4) is 0 Å². The number of hydrogen-bond acceptors (Lipinski definition) is 1. The number of unbranched alkanes of at least 4 members (excludes halogenated alkanes) is 1. The van der Waals surface area contributed by atoms with E-state index in [9.17, 15) is 13.6 Å².